The smallest absolute Gasteiger partial charge is 0.330 e. The van der Waals surface area contributed by atoms with E-state index in [9.17, 15) is 24.2 Å². The second kappa shape index (κ2) is 6.40. The van der Waals surface area contributed by atoms with Gasteiger partial charge in [0.05, 0.1) is 13.2 Å². The van der Waals surface area contributed by atoms with Gasteiger partial charge in [0.1, 0.15) is 30.7 Å². The Morgan fingerprint density at radius 2 is 1.96 bits per heavy atom. The number of alkyl halides is 1. The number of nitrogens with one attached hydrogen (secondary N) is 1. The van der Waals surface area contributed by atoms with Crippen LogP contribution in [0.4, 0.5) is 10.1 Å². The van der Waals surface area contributed by atoms with E-state index < -0.39 is 42.5 Å². The van der Waals surface area contributed by atoms with Crippen LogP contribution in [0.3, 0.4) is 0 Å². The fourth-order valence-corrected chi connectivity index (χ4v) is 2.78. The van der Waals surface area contributed by atoms with E-state index in [1.54, 1.807) is 4.90 Å². The van der Waals surface area contributed by atoms with E-state index in [0.29, 0.717) is 26.3 Å². The number of hydrogen-bond donors (Lipinski definition) is 3. The molecular weight excluding hydrogens is 313 g/mol. The highest BCUT2D eigenvalue weighted by Crippen LogP contribution is 2.29. The first kappa shape index (κ1) is 16.1. The van der Waals surface area contributed by atoms with E-state index >= 15 is 0 Å². The molecule has 0 radical (unpaired) electrons. The number of aromatic amines is 1. The second-order valence-corrected chi connectivity index (χ2v) is 5.48. The number of aliphatic hydroxyl groups excluding tert-OH is 2. The van der Waals surface area contributed by atoms with Crippen molar-refractivity contribution in [3.63, 3.8) is 0 Å². The number of nitrogens with zero attached hydrogens (tertiary/aromatic N) is 2. The molecular formula is C13H18FN3O6. The van der Waals surface area contributed by atoms with E-state index in [-0.39, 0.29) is 5.69 Å². The number of morpholine rings is 1. The molecule has 0 spiro atoms. The van der Waals surface area contributed by atoms with Crippen molar-refractivity contribution in [1.29, 1.82) is 0 Å². The molecule has 10 heteroatoms. The van der Waals surface area contributed by atoms with Gasteiger partial charge in [-0.25, -0.2) is 9.18 Å². The van der Waals surface area contributed by atoms with Crippen LogP contribution in [0.15, 0.2) is 15.8 Å². The Hall–Kier alpha value is -1.75. The van der Waals surface area contributed by atoms with Crippen LogP contribution in [-0.2, 0) is 9.47 Å². The monoisotopic (exact) mass is 331 g/mol. The van der Waals surface area contributed by atoms with Gasteiger partial charge in [-0.1, -0.05) is 0 Å². The second-order valence-electron chi connectivity index (χ2n) is 5.48. The predicted molar refractivity (Wildman–Crippen MR) is 76.3 cm³/mol. The highest BCUT2D eigenvalue weighted by atomic mass is 19.1. The average molecular weight is 331 g/mol. The zero-order chi connectivity index (χ0) is 16.6. The van der Waals surface area contributed by atoms with Crippen molar-refractivity contribution in [3.8, 4) is 0 Å². The molecule has 0 unspecified atom stereocenters. The lowest BCUT2D eigenvalue weighted by molar-refractivity contribution is -0.0454. The molecule has 0 aliphatic carbocycles. The molecule has 1 aromatic heterocycles. The van der Waals surface area contributed by atoms with E-state index in [1.165, 1.54) is 6.20 Å². The highest BCUT2D eigenvalue weighted by Gasteiger charge is 2.44. The summed E-state index contributed by atoms with van der Waals surface area (Å²) in [4.78, 5) is 27.9. The summed E-state index contributed by atoms with van der Waals surface area (Å²) in [7, 11) is 0. The first-order valence-electron chi connectivity index (χ1n) is 7.28. The van der Waals surface area contributed by atoms with E-state index in [0.717, 1.165) is 4.57 Å². The minimum absolute atomic E-state index is 0.224. The molecule has 128 valence electrons. The lowest BCUT2D eigenvalue weighted by atomic mass is 10.1. The largest absolute Gasteiger partial charge is 0.387 e. The van der Waals surface area contributed by atoms with Crippen LogP contribution in [0.2, 0.25) is 0 Å². The molecule has 2 saturated heterocycles. The molecule has 1 aromatic rings. The Morgan fingerprint density at radius 3 is 2.57 bits per heavy atom. The number of ether oxygens (including phenoxy) is 2. The van der Waals surface area contributed by atoms with E-state index in [4.69, 9.17) is 9.47 Å². The van der Waals surface area contributed by atoms with Crippen molar-refractivity contribution in [1.82, 2.24) is 9.55 Å². The molecule has 0 amide bonds. The maximum absolute atomic E-state index is 12.8. The predicted octanol–water partition coefficient (Wildman–Crippen LogP) is -2.04. The zero-order valence-corrected chi connectivity index (χ0v) is 12.2. The van der Waals surface area contributed by atoms with Crippen LogP contribution in [0.25, 0.3) is 0 Å². The summed E-state index contributed by atoms with van der Waals surface area (Å²) in [5.74, 6) is 0. The highest BCUT2D eigenvalue weighted by molar-refractivity contribution is 5.42. The van der Waals surface area contributed by atoms with E-state index in [1.807, 2.05) is 0 Å². The number of rotatable bonds is 3. The van der Waals surface area contributed by atoms with Gasteiger partial charge < -0.3 is 24.6 Å². The fraction of sp³-hybridized carbons (Fsp3) is 0.692. The lowest BCUT2D eigenvalue weighted by Gasteiger charge is -2.28. The maximum Gasteiger partial charge on any atom is 0.330 e. The first-order chi connectivity index (χ1) is 11.0. The van der Waals surface area contributed by atoms with Crippen LogP contribution in [-0.4, -0.2) is 71.1 Å². The van der Waals surface area contributed by atoms with Gasteiger partial charge in [0.2, 0.25) is 0 Å². The summed E-state index contributed by atoms with van der Waals surface area (Å²) < 4.78 is 24.2. The van der Waals surface area contributed by atoms with Crippen molar-refractivity contribution in [2.24, 2.45) is 0 Å². The Kier molecular flexibility index (Phi) is 4.48. The molecule has 3 rings (SSSR count). The van der Waals surface area contributed by atoms with Gasteiger partial charge in [0, 0.05) is 19.3 Å². The van der Waals surface area contributed by atoms with Gasteiger partial charge in [-0.2, -0.15) is 0 Å². The quantitative estimate of drug-likeness (QED) is 0.584. The van der Waals surface area contributed by atoms with Crippen molar-refractivity contribution in [2.45, 2.75) is 24.5 Å². The van der Waals surface area contributed by atoms with Crippen LogP contribution in [0.5, 0.6) is 0 Å². The minimum atomic E-state index is -1.48. The first-order valence-corrected chi connectivity index (χ1v) is 7.28. The number of anilines is 1. The Morgan fingerprint density at radius 1 is 1.26 bits per heavy atom. The molecule has 23 heavy (non-hydrogen) atoms. The molecule has 0 saturated carbocycles. The van der Waals surface area contributed by atoms with Crippen LogP contribution < -0.4 is 16.1 Å². The molecule has 2 aliphatic heterocycles. The third-order valence-electron chi connectivity index (χ3n) is 4.06. The minimum Gasteiger partial charge on any atom is -0.387 e. The number of hydrogen-bond acceptors (Lipinski definition) is 7. The van der Waals surface area contributed by atoms with Crippen molar-refractivity contribution >= 4 is 5.69 Å². The Labute approximate surface area is 129 Å². The van der Waals surface area contributed by atoms with Gasteiger partial charge >= 0.3 is 5.69 Å². The fourth-order valence-electron chi connectivity index (χ4n) is 2.78. The van der Waals surface area contributed by atoms with Gasteiger partial charge in [0.15, 0.2) is 6.23 Å². The van der Waals surface area contributed by atoms with Gasteiger partial charge in [-0.3, -0.25) is 14.3 Å². The van der Waals surface area contributed by atoms with Gasteiger partial charge in [-0.15, -0.1) is 0 Å². The number of halogens is 1. The van der Waals surface area contributed by atoms with Crippen LogP contribution in [0, 0.1) is 0 Å². The Bertz CT molecular complexity index is 670. The average Bonchev–Trinajstić information content (AvgIpc) is 2.84. The van der Waals surface area contributed by atoms with Crippen molar-refractivity contribution < 1.29 is 24.1 Å². The maximum atomic E-state index is 12.8. The molecule has 2 fully saturated rings. The summed E-state index contributed by atoms with van der Waals surface area (Å²) in [6, 6.07) is 0. The molecule has 0 aromatic carbocycles. The summed E-state index contributed by atoms with van der Waals surface area (Å²) >= 11 is 0. The summed E-state index contributed by atoms with van der Waals surface area (Å²) in [6.07, 6.45) is -4.16. The van der Waals surface area contributed by atoms with E-state index in [2.05, 4.69) is 4.98 Å². The third kappa shape index (κ3) is 2.90. The summed E-state index contributed by atoms with van der Waals surface area (Å²) in [6.45, 7) is 0.854. The lowest BCUT2D eigenvalue weighted by Crippen LogP contribution is -2.43. The number of aliphatic hydroxyl groups is 2. The van der Waals surface area contributed by atoms with Crippen molar-refractivity contribution in [2.75, 3.05) is 37.9 Å². The topological polar surface area (TPSA) is 117 Å². The molecule has 9 nitrogen and oxygen atoms in total. The van der Waals surface area contributed by atoms with Crippen molar-refractivity contribution in [3.05, 3.63) is 27.0 Å². The number of aromatic nitrogens is 2. The Balaban J connectivity index is 1.96. The molecule has 2 aliphatic rings. The van der Waals surface area contributed by atoms with Crippen LogP contribution in [0.1, 0.15) is 6.23 Å². The SMILES string of the molecule is O=c1[nH]c(=O)n([C@H]2O[C@@H](CF)[C@@H](O)[C@H]2O)cc1N1CCOCC1. The number of H-pyrrole nitrogens is 1. The summed E-state index contributed by atoms with van der Waals surface area (Å²) in [5.41, 5.74) is -1.15. The normalized spacial score (nSPS) is 31.5. The summed E-state index contributed by atoms with van der Waals surface area (Å²) in [5, 5.41) is 19.7. The standard InChI is InChI=1S/C13H18FN3O6/c14-5-8-9(18)10(19)12(23-8)17-6-7(11(20)15-13(17)21)16-1-3-22-4-2-16/h6,8-10,12,18-19H,1-5H2,(H,15,20,21)/t8-,9+,10+,12-/m0/s1. The molecule has 4 atom stereocenters. The molecule has 0 bridgehead atoms. The molecule has 3 N–H and O–H groups in total. The third-order valence-corrected chi connectivity index (χ3v) is 4.06. The molecule has 3 heterocycles. The van der Waals surface area contributed by atoms with Gasteiger partial charge in [-0.05, 0) is 0 Å². The van der Waals surface area contributed by atoms with Crippen LogP contribution >= 0.6 is 0 Å². The van der Waals surface area contributed by atoms with Gasteiger partial charge in [0.25, 0.3) is 5.56 Å². The zero-order valence-electron chi connectivity index (χ0n) is 12.2.